The Labute approximate surface area is 224 Å². The molecule has 0 fully saturated rings. The lowest BCUT2D eigenvalue weighted by atomic mass is 10.0. The topological polar surface area (TPSA) is 107 Å². The van der Waals surface area contributed by atoms with Gasteiger partial charge >= 0.3 is 26.7 Å². The van der Waals surface area contributed by atoms with Crippen LogP contribution < -0.4 is 0 Å². The molecule has 0 aliphatic carbocycles. The molecule has 0 aromatic rings. The highest BCUT2D eigenvalue weighted by atomic mass is 28.4. The Morgan fingerprint density at radius 3 is 1.35 bits per heavy atom. The Hall–Kier alpha value is -1.75. The minimum Gasteiger partial charge on any atom is -0.466 e. The van der Waals surface area contributed by atoms with E-state index in [0.29, 0.717) is 37.5 Å². The lowest BCUT2D eigenvalue weighted by molar-refractivity contribution is -0.150. The molecule has 0 amide bonds. The second-order valence-corrected chi connectivity index (χ2v) is 12.2. The minimum absolute atomic E-state index is 0.0621. The molecular weight excluding hydrogens is 496 g/mol. The Balaban J connectivity index is 3.42. The Morgan fingerprint density at radius 1 is 0.568 bits per heavy atom. The molecule has 0 N–H and O–H groups in total. The van der Waals surface area contributed by atoms with Crippen LogP contribution in [0.4, 0.5) is 0 Å². The first-order valence-corrected chi connectivity index (χ1v) is 15.5. The lowest BCUT2D eigenvalue weighted by Crippen LogP contribution is -2.42. The molecule has 0 aliphatic heterocycles. The van der Waals surface area contributed by atoms with Crippen molar-refractivity contribution in [3.63, 3.8) is 0 Å². The van der Waals surface area contributed by atoms with Gasteiger partial charge in [-0.15, -0.1) is 0 Å². The number of rotatable bonds is 25. The Bertz CT molecular complexity index is 627. The first kappa shape index (κ1) is 35.2. The fourth-order valence-corrected chi connectivity index (χ4v) is 5.41. The molecule has 0 aromatic carbocycles. The van der Waals surface area contributed by atoms with Crippen LogP contribution >= 0.6 is 0 Å². The van der Waals surface area contributed by atoms with Gasteiger partial charge in [-0.25, -0.2) is 4.79 Å². The number of hydrogen-bond acceptors (Lipinski definition) is 9. The predicted molar refractivity (Wildman–Crippen MR) is 144 cm³/mol. The van der Waals surface area contributed by atoms with E-state index in [2.05, 4.69) is 6.58 Å². The third kappa shape index (κ3) is 20.0. The summed E-state index contributed by atoms with van der Waals surface area (Å²) in [7, 11) is 2.15. The average Bonchev–Trinajstić information content (AvgIpc) is 2.89. The van der Waals surface area contributed by atoms with Gasteiger partial charge in [0.05, 0.1) is 6.61 Å². The van der Waals surface area contributed by atoms with Crippen LogP contribution in [0.15, 0.2) is 12.2 Å². The summed E-state index contributed by atoms with van der Waals surface area (Å²) in [6.07, 6.45) is 13.6. The van der Waals surface area contributed by atoms with Crippen molar-refractivity contribution in [1.82, 2.24) is 0 Å². The zero-order valence-corrected chi connectivity index (χ0v) is 24.6. The van der Waals surface area contributed by atoms with Crippen molar-refractivity contribution in [3.05, 3.63) is 12.2 Å². The standard InChI is InChI=1S/C27H50O9Si/c1-24(2)27(30)36-22-21-35-26(29)19-16-14-12-10-8-6-7-9-11-13-15-18-25(28)34-20-17-23-37(31-3,32-4)33-5/h1,6-23H2,2-5H3. The monoisotopic (exact) mass is 546 g/mol. The number of ether oxygens (including phenoxy) is 3. The van der Waals surface area contributed by atoms with Crippen molar-refractivity contribution in [2.24, 2.45) is 0 Å². The number of hydrogen-bond donors (Lipinski definition) is 0. The number of carbonyl (C=O) groups is 3. The summed E-state index contributed by atoms with van der Waals surface area (Å²) in [4.78, 5) is 34.7. The Kier molecular flexibility index (Phi) is 22.3. The molecule has 0 rings (SSSR count). The van der Waals surface area contributed by atoms with Crippen LogP contribution in [0.2, 0.25) is 6.04 Å². The van der Waals surface area contributed by atoms with E-state index in [0.717, 1.165) is 38.5 Å². The molecule has 0 aromatic heterocycles. The smallest absolute Gasteiger partial charge is 0.466 e. The second-order valence-electron chi connectivity index (χ2n) is 9.15. The average molecular weight is 547 g/mol. The van der Waals surface area contributed by atoms with Crippen molar-refractivity contribution in [3.8, 4) is 0 Å². The highest BCUT2D eigenvalue weighted by Gasteiger charge is 2.36. The molecule has 0 heterocycles. The molecule has 0 unspecified atom stereocenters. The minimum atomic E-state index is -2.58. The summed E-state index contributed by atoms with van der Waals surface area (Å²) < 4.78 is 31.3. The van der Waals surface area contributed by atoms with E-state index in [1.807, 2.05) is 0 Å². The zero-order valence-electron chi connectivity index (χ0n) is 23.6. The molecule has 0 bridgehead atoms. The molecule has 0 spiro atoms. The number of carbonyl (C=O) groups excluding carboxylic acids is 3. The Morgan fingerprint density at radius 2 is 0.946 bits per heavy atom. The van der Waals surface area contributed by atoms with Crippen LogP contribution in [-0.4, -0.2) is 67.9 Å². The van der Waals surface area contributed by atoms with Gasteiger partial charge in [0.1, 0.15) is 13.2 Å². The van der Waals surface area contributed by atoms with Crippen molar-refractivity contribution >= 4 is 26.7 Å². The van der Waals surface area contributed by atoms with Crippen LogP contribution in [0.3, 0.4) is 0 Å². The zero-order chi connectivity index (χ0) is 27.8. The molecule has 0 aliphatic rings. The van der Waals surface area contributed by atoms with Crippen molar-refractivity contribution in [1.29, 1.82) is 0 Å². The van der Waals surface area contributed by atoms with Gasteiger partial charge < -0.3 is 27.5 Å². The van der Waals surface area contributed by atoms with E-state index in [1.54, 1.807) is 28.3 Å². The molecule has 9 nitrogen and oxygen atoms in total. The summed E-state index contributed by atoms with van der Waals surface area (Å²) >= 11 is 0. The second kappa shape index (κ2) is 23.4. The van der Waals surface area contributed by atoms with Crippen molar-refractivity contribution < 1.29 is 41.9 Å². The van der Waals surface area contributed by atoms with Gasteiger partial charge in [0.15, 0.2) is 0 Å². The SMILES string of the molecule is C=C(C)C(=O)OCCOC(=O)CCCCCCCCCCCCCC(=O)OCCC[Si](OC)(OC)OC. The van der Waals surface area contributed by atoms with E-state index in [-0.39, 0.29) is 25.2 Å². The van der Waals surface area contributed by atoms with Gasteiger partial charge in [-0.3, -0.25) is 9.59 Å². The molecule has 0 atom stereocenters. The lowest BCUT2D eigenvalue weighted by Gasteiger charge is -2.24. The largest absolute Gasteiger partial charge is 0.500 e. The fraction of sp³-hybridized carbons (Fsp3) is 0.815. The van der Waals surface area contributed by atoms with Gasteiger partial charge in [-0.05, 0) is 26.2 Å². The van der Waals surface area contributed by atoms with Crippen LogP contribution in [0, 0.1) is 0 Å². The maximum atomic E-state index is 11.8. The van der Waals surface area contributed by atoms with Gasteiger partial charge in [-0.2, -0.15) is 0 Å². The number of unbranched alkanes of at least 4 members (excludes halogenated alkanes) is 10. The molecule has 10 heteroatoms. The van der Waals surface area contributed by atoms with Gasteiger partial charge in [0.25, 0.3) is 0 Å². The molecular formula is C27H50O9Si. The van der Waals surface area contributed by atoms with E-state index < -0.39 is 14.8 Å². The van der Waals surface area contributed by atoms with Crippen LogP contribution in [-0.2, 0) is 41.9 Å². The fourth-order valence-electron chi connectivity index (χ4n) is 3.72. The summed E-state index contributed by atoms with van der Waals surface area (Å²) in [6, 6.07) is 0.621. The highest BCUT2D eigenvalue weighted by molar-refractivity contribution is 6.60. The molecule has 216 valence electrons. The first-order chi connectivity index (χ1) is 17.8. The summed E-state index contributed by atoms with van der Waals surface area (Å²) in [5, 5.41) is 0. The summed E-state index contributed by atoms with van der Waals surface area (Å²) in [6.45, 7) is 5.57. The van der Waals surface area contributed by atoms with E-state index in [4.69, 9.17) is 27.5 Å². The van der Waals surface area contributed by atoms with Crippen LogP contribution in [0.25, 0.3) is 0 Å². The van der Waals surface area contributed by atoms with Gasteiger partial charge in [0.2, 0.25) is 0 Å². The summed E-state index contributed by atoms with van der Waals surface area (Å²) in [5.41, 5.74) is 0.329. The molecule has 0 saturated heterocycles. The van der Waals surface area contributed by atoms with Crippen molar-refractivity contribution in [2.45, 2.75) is 103 Å². The normalized spacial score (nSPS) is 11.2. The molecule has 0 saturated carbocycles. The van der Waals surface area contributed by atoms with Crippen molar-refractivity contribution in [2.75, 3.05) is 41.2 Å². The maximum absolute atomic E-state index is 11.8. The van der Waals surface area contributed by atoms with Gasteiger partial charge in [0, 0.05) is 45.8 Å². The summed E-state index contributed by atoms with van der Waals surface area (Å²) in [5.74, 6) is -0.858. The van der Waals surface area contributed by atoms with Gasteiger partial charge in [-0.1, -0.05) is 64.4 Å². The molecule has 37 heavy (non-hydrogen) atoms. The number of esters is 3. The van der Waals surface area contributed by atoms with E-state index in [9.17, 15) is 14.4 Å². The molecule has 0 radical (unpaired) electrons. The van der Waals surface area contributed by atoms with E-state index >= 15 is 0 Å². The van der Waals surface area contributed by atoms with Crippen LogP contribution in [0.1, 0.15) is 96.8 Å². The quantitative estimate of drug-likeness (QED) is 0.0480. The van der Waals surface area contributed by atoms with E-state index in [1.165, 1.54) is 32.1 Å². The third-order valence-electron chi connectivity index (χ3n) is 6.01. The third-order valence-corrected chi connectivity index (χ3v) is 8.85. The van der Waals surface area contributed by atoms with Crippen LogP contribution in [0.5, 0.6) is 0 Å². The highest BCUT2D eigenvalue weighted by Crippen LogP contribution is 2.16. The first-order valence-electron chi connectivity index (χ1n) is 13.6. The predicted octanol–water partition coefficient (Wildman–Crippen LogP) is 5.53. The maximum Gasteiger partial charge on any atom is 0.500 e.